The van der Waals surface area contributed by atoms with Gasteiger partial charge in [0.15, 0.2) is 0 Å². The molecule has 1 aromatic heterocycles. The molecule has 3 N–H and O–H groups in total. The highest BCUT2D eigenvalue weighted by Gasteiger charge is 2.21. The van der Waals surface area contributed by atoms with Gasteiger partial charge in [-0.15, -0.1) is 10.2 Å². The smallest absolute Gasteiger partial charge is 0.240 e. The number of benzene rings is 1. The molecule has 22 heavy (non-hydrogen) atoms. The van der Waals surface area contributed by atoms with E-state index < -0.39 is 11.9 Å². The minimum Gasteiger partial charge on any atom is -0.368 e. The van der Waals surface area contributed by atoms with Gasteiger partial charge in [0.05, 0.1) is 5.69 Å². The van der Waals surface area contributed by atoms with E-state index in [0.717, 1.165) is 12.0 Å². The monoisotopic (exact) mass is 302 g/mol. The Balaban J connectivity index is 2.14. The maximum atomic E-state index is 12.9. The van der Waals surface area contributed by atoms with Crippen LogP contribution < -0.4 is 11.1 Å². The van der Waals surface area contributed by atoms with Gasteiger partial charge in [-0.2, -0.15) is 0 Å². The number of amides is 1. The second-order valence-electron chi connectivity index (χ2n) is 5.22. The molecule has 0 aliphatic rings. The quantitative estimate of drug-likeness (QED) is 0.859. The van der Waals surface area contributed by atoms with Crippen LogP contribution in [0.5, 0.6) is 0 Å². The molecule has 0 fully saturated rings. The van der Waals surface area contributed by atoms with Crippen LogP contribution in [0.4, 0.5) is 10.2 Å². The first kappa shape index (κ1) is 15.9. The fraction of sp³-hybridized carbons (Fsp3) is 0.312. The third-order valence-corrected chi connectivity index (χ3v) is 3.63. The van der Waals surface area contributed by atoms with E-state index in [4.69, 9.17) is 5.73 Å². The summed E-state index contributed by atoms with van der Waals surface area (Å²) in [7, 11) is 0. The minimum absolute atomic E-state index is 0.0936. The molecule has 1 heterocycles. The summed E-state index contributed by atoms with van der Waals surface area (Å²) in [5.41, 5.74) is 6.81. The Morgan fingerprint density at radius 2 is 1.91 bits per heavy atom. The van der Waals surface area contributed by atoms with Gasteiger partial charge in [0.1, 0.15) is 17.7 Å². The Bertz CT molecular complexity index is 628. The Hall–Kier alpha value is -2.50. The van der Waals surface area contributed by atoms with Crippen LogP contribution >= 0.6 is 0 Å². The first-order chi connectivity index (χ1) is 10.5. The van der Waals surface area contributed by atoms with E-state index in [0.29, 0.717) is 11.5 Å². The SMILES string of the molecule is CCC(C)C(Nc1ccc(-c2ccc(F)cc2)nn1)C(N)=O. The van der Waals surface area contributed by atoms with E-state index >= 15 is 0 Å². The molecule has 2 atom stereocenters. The Kier molecular flexibility index (Phi) is 5.04. The Morgan fingerprint density at radius 3 is 2.41 bits per heavy atom. The molecule has 0 spiro atoms. The average molecular weight is 302 g/mol. The van der Waals surface area contributed by atoms with Crippen molar-refractivity contribution in [1.29, 1.82) is 0 Å². The van der Waals surface area contributed by atoms with Crippen LogP contribution in [-0.4, -0.2) is 22.1 Å². The lowest BCUT2D eigenvalue weighted by Gasteiger charge is -2.21. The lowest BCUT2D eigenvalue weighted by molar-refractivity contribution is -0.119. The molecule has 0 aliphatic heterocycles. The van der Waals surface area contributed by atoms with E-state index in [2.05, 4.69) is 15.5 Å². The van der Waals surface area contributed by atoms with Crippen molar-refractivity contribution in [3.63, 3.8) is 0 Å². The normalized spacial score (nSPS) is 13.4. The second-order valence-corrected chi connectivity index (χ2v) is 5.22. The molecule has 0 aliphatic carbocycles. The number of hydrogen-bond donors (Lipinski definition) is 2. The standard InChI is InChI=1S/C16H19FN4O/c1-3-10(2)15(16(18)22)19-14-9-8-13(20-21-14)11-4-6-12(17)7-5-11/h4-10,15H,3H2,1-2H3,(H2,18,22)(H,19,21). The van der Waals surface area contributed by atoms with Crippen LogP contribution in [0.25, 0.3) is 11.3 Å². The van der Waals surface area contributed by atoms with Crippen molar-refractivity contribution >= 4 is 11.7 Å². The fourth-order valence-electron chi connectivity index (χ4n) is 2.07. The van der Waals surface area contributed by atoms with Crippen molar-refractivity contribution < 1.29 is 9.18 Å². The third-order valence-electron chi connectivity index (χ3n) is 3.63. The minimum atomic E-state index is -0.490. The summed E-state index contributed by atoms with van der Waals surface area (Å²) < 4.78 is 12.9. The number of nitrogens with one attached hydrogen (secondary N) is 1. The summed E-state index contributed by atoms with van der Waals surface area (Å²) in [5, 5.41) is 11.2. The van der Waals surface area contributed by atoms with Gasteiger partial charge in [-0.25, -0.2) is 4.39 Å². The van der Waals surface area contributed by atoms with Gasteiger partial charge in [0.2, 0.25) is 5.91 Å². The van der Waals surface area contributed by atoms with Crippen LogP contribution in [0.1, 0.15) is 20.3 Å². The summed E-state index contributed by atoms with van der Waals surface area (Å²) >= 11 is 0. The number of nitrogens with zero attached hydrogens (tertiary/aromatic N) is 2. The molecule has 116 valence electrons. The Morgan fingerprint density at radius 1 is 1.23 bits per heavy atom. The van der Waals surface area contributed by atoms with E-state index in [1.54, 1.807) is 24.3 Å². The summed E-state index contributed by atoms with van der Waals surface area (Å²) in [6.45, 7) is 3.94. The van der Waals surface area contributed by atoms with Crippen molar-refractivity contribution in [2.24, 2.45) is 11.7 Å². The maximum absolute atomic E-state index is 12.9. The van der Waals surface area contributed by atoms with Crippen LogP contribution in [0.3, 0.4) is 0 Å². The summed E-state index contributed by atoms with van der Waals surface area (Å²) in [4.78, 5) is 11.5. The summed E-state index contributed by atoms with van der Waals surface area (Å²) in [6.07, 6.45) is 0.821. The zero-order valence-corrected chi connectivity index (χ0v) is 12.6. The first-order valence-electron chi connectivity index (χ1n) is 7.16. The number of aromatic nitrogens is 2. The lowest BCUT2D eigenvalue weighted by Crippen LogP contribution is -2.40. The van der Waals surface area contributed by atoms with Crippen LogP contribution in [-0.2, 0) is 4.79 Å². The number of hydrogen-bond acceptors (Lipinski definition) is 4. The van der Waals surface area contributed by atoms with Gasteiger partial charge in [0, 0.05) is 5.56 Å². The summed E-state index contributed by atoms with van der Waals surface area (Å²) in [5.74, 6) is -0.141. The molecule has 1 amide bonds. The molecule has 5 nitrogen and oxygen atoms in total. The largest absolute Gasteiger partial charge is 0.368 e. The fourth-order valence-corrected chi connectivity index (χ4v) is 2.07. The van der Waals surface area contributed by atoms with Gasteiger partial charge in [-0.3, -0.25) is 4.79 Å². The highest BCUT2D eigenvalue weighted by Crippen LogP contribution is 2.18. The molecule has 2 aromatic rings. The zero-order valence-electron chi connectivity index (χ0n) is 12.6. The van der Waals surface area contributed by atoms with Gasteiger partial charge >= 0.3 is 0 Å². The van der Waals surface area contributed by atoms with Crippen molar-refractivity contribution in [2.45, 2.75) is 26.3 Å². The van der Waals surface area contributed by atoms with Gasteiger partial charge < -0.3 is 11.1 Å². The predicted molar refractivity (Wildman–Crippen MR) is 83.5 cm³/mol. The topological polar surface area (TPSA) is 80.9 Å². The molecule has 2 unspecified atom stereocenters. The van der Waals surface area contributed by atoms with Crippen LogP contribution in [0.2, 0.25) is 0 Å². The third kappa shape index (κ3) is 3.78. The van der Waals surface area contributed by atoms with Crippen molar-refractivity contribution in [2.75, 3.05) is 5.32 Å². The molecule has 2 rings (SSSR count). The van der Waals surface area contributed by atoms with Crippen LogP contribution in [0.15, 0.2) is 36.4 Å². The predicted octanol–water partition coefficient (Wildman–Crippen LogP) is 2.59. The molecule has 0 bridgehead atoms. The van der Waals surface area contributed by atoms with Gasteiger partial charge in [0.25, 0.3) is 0 Å². The van der Waals surface area contributed by atoms with Gasteiger partial charge in [-0.05, 0) is 42.3 Å². The molecule has 1 aromatic carbocycles. The molecular weight excluding hydrogens is 283 g/mol. The summed E-state index contributed by atoms with van der Waals surface area (Å²) in [6, 6.07) is 9.01. The molecule has 0 radical (unpaired) electrons. The highest BCUT2D eigenvalue weighted by molar-refractivity contribution is 5.83. The van der Waals surface area contributed by atoms with E-state index in [-0.39, 0.29) is 11.7 Å². The molecular formula is C16H19FN4O. The Labute approximate surface area is 128 Å². The number of carbonyl (C=O) groups excluding carboxylic acids is 1. The van der Waals surface area contributed by atoms with Crippen molar-refractivity contribution in [3.05, 3.63) is 42.2 Å². The van der Waals surface area contributed by atoms with E-state index in [1.807, 2.05) is 13.8 Å². The molecule has 6 heteroatoms. The van der Waals surface area contributed by atoms with Crippen LogP contribution in [0, 0.1) is 11.7 Å². The van der Waals surface area contributed by atoms with E-state index in [9.17, 15) is 9.18 Å². The van der Waals surface area contributed by atoms with E-state index in [1.165, 1.54) is 12.1 Å². The van der Waals surface area contributed by atoms with Gasteiger partial charge in [-0.1, -0.05) is 20.3 Å². The number of nitrogens with two attached hydrogens (primary N) is 1. The van der Waals surface area contributed by atoms with Crippen molar-refractivity contribution in [1.82, 2.24) is 10.2 Å². The number of carbonyl (C=O) groups is 1. The number of anilines is 1. The maximum Gasteiger partial charge on any atom is 0.240 e. The first-order valence-corrected chi connectivity index (χ1v) is 7.16. The van der Waals surface area contributed by atoms with Crippen molar-refractivity contribution in [3.8, 4) is 11.3 Å². The number of rotatable bonds is 6. The molecule has 0 saturated carbocycles. The number of halogens is 1. The number of primary amides is 1. The average Bonchev–Trinajstić information content (AvgIpc) is 2.53. The molecule has 0 saturated heterocycles. The second kappa shape index (κ2) is 6.98. The lowest BCUT2D eigenvalue weighted by atomic mass is 9.99. The zero-order chi connectivity index (χ0) is 16.1. The highest BCUT2D eigenvalue weighted by atomic mass is 19.1.